The van der Waals surface area contributed by atoms with Gasteiger partial charge in [0, 0.05) is 5.56 Å². The summed E-state index contributed by atoms with van der Waals surface area (Å²) in [5.41, 5.74) is 0.717. The molecule has 1 unspecified atom stereocenters. The van der Waals surface area contributed by atoms with Crippen molar-refractivity contribution in [1.82, 2.24) is 0 Å². The van der Waals surface area contributed by atoms with E-state index in [2.05, 4.69) is 4.40 Å². The Morgan fingerprint density at radius 3 is 2.32 bits per heavy atom. The van der Waals surface area contributed by atoms with Crippen LogP contribution in [-0.2, 0) is 20.5 Å². The molecule has 0 aliphatic carbocycles. The summed E-state index contributed by atoms with van der Waals surface area (Å²) >= 11 is 0. The first-order valence-electron chi connectivity index (χ1n) is 6.09. The van der Waals surface area contributed by atoms with Crippen LogP contribution in [0.5, 0.6) is 0 Å². The standard InChI is InChI=1S/C14H19NO3S/c1-5-18-13(16)12(11-9-7-6-8-10-11)15-19(17)14(2,3)4/h6-10H,5H2,1-4H3/b15-12+. The fraction of sp³-hybridized carbons (Fsp3) is 0.429. The number of esters is 1. The zero-order chi connectivity index (χ0) is 14.5. The molecule has 0 aliphatic rings. The minimum absolute atomic E-state index is 0.107. The predicted molar refractivity (Wildman–Crippen MR) is 77.5 cm³/mol. The molecule has 0 heterocycles. The van der Waals surface area contributed by atoms with Crippen molar-refractivity contribution >= 4 is 22.7 Å². The van der Waals surface area contributed by atoms with Crippen LogP contribution in [0.1, 0.15) is 33.3 Å². The molecule has 1 atom stereocenters. The van der Waals surface area contributed by atoms with E-state index in [1.54, 1.807) is 52.0 Å². The van der Waals surface area contributed by atoms with E-state index >= 15 is 0 Å². The summed E-state index contributed by atoms with van der Waals surface area (Å²) in [6.07, 6.45) is 0. The summed E-state index contributed by atoms with van der Waals surface area (Å²) in [6.45, 7) is 7.40. The lowest BCUT2D eigenvalue weighted by Gasteiger charge is -2.14. The van der Waals surface area contributed by atoms with Gasteiger partial charge in [-0.3, -0.25) is 0 Å². The van der Waals surface area contributed by atoms with Crippen LogP contribution < -0.4 is 0 Å². The van der Waals surface area contributed by atoms with Gasteiger partial charge in [-0.15, -0.1) is 0 Å². The number of hydrogen-bond acceptors (Lipinski definition) is 3. The van der Waals surface area contributed by atoms with Crippen LogP contribution in [0.4, 0.5) is 0 Å². The number of rotatable bonds is 4. The molecular weight excluding hydrogens is 262 g/mol. The van der Waals surface area contributed by atoms with E-state index in [9.17, 15) is 9.00 Å². The van der Waals surface area contributed by atoms with Crippen molar-refractivity contribution < 1.29 is 13.7 Å². The van der Waals surface area contributed by atoms with E-state index in [-0.39, 0.29) is 12.3 Å². The average molecular weight is 281 g/mol. The maximum absolute atomic E-state index is 12.1. The molecule has 0 aromatic heterocycles. The lowest BCUT2D eigenvalue weighted by atomic mass is 10.1. The van der Waals surface area contributed by atoms with Gasteiger partial charge < -0.3 is 4.74 Å². The lowest BCUT2D eigenvalue weighted by molar-refractivity contribution is -0.134. The molecule has 1 rings (SSSR count). The van der Waals surface area contributed by atoms with Gasteiger partial charge in [0.25, 0.3) is 0 Å². The van der Waals surface area contributed by atoms with E-state index in [0.29, 0.717) is 5.56 Å². The molecule has 0 radical (unpaired) electrons. The first-order valence-corrected chi connectivity index (χ1v) is 7.20. The zero-order valence-corrected chi connectivity index (χ0v) is 12.5. The van der Waals surface area contributed by atoms with Gasteiger partial charge in [0.2, 0.25) is 0 Å². The molecule has 1 aromatic rings. The van der Waals surface area contributed by atoms with Gasteiger partial charge in [0.05, 0.1) is 11.4 Å². The Bertz CT molecular complexity index is 489. The number of hydrogen-bond donors (Lipinski definition) is 0. The summed E-state index contributed by atoms with van der Waals surface area (Å²) in [4.78, 5) is 11.9. The van der Waals surface area contributed by atoms with Crippen LogP contribution in [0.15, 0.2) is 34.7 Å². The molecule has 0 spiro atoms. The third-order valence-electron chi connectivity index (χ3n) is 2.21. The third-order valence-corrected chi connectivity index (χ3v) is 3.61. The van der Waals surface area contributed by atoms with E-state index in [4.69, 9.17) is 4.74 Å². The van der Waals surface area contributed by atoms with Gasteiger partial charge in [-0.1, -0.05) is 30.3 Å². The van der Waals surface area contributed by atoms with Crippen LogP contribution >= 0.6 is 0 Å². The highest BCUT2D eigenvalue weighted by molar-refractivity contribution is 7.85. The molecule has 0 bridgehead atoms. The van der Waals surface area contributed by atoms with E-state index in [1.165, 1.54) is 0 Å². The number of ether oxygens (including phenoxy) is 1. The molecule has 104 valence electrons. The smallest absolute Gasteiger partial charge is 0.358 e. The van der Waals surface area contributed by atoms with Crippen molar-refractivity contribution in [3.05, 3.63) is 35.9 Å². The normalized spacial score (nSPS) is 14.0. The van der Waals surface area contributed by atoms with Gasteiger partial charge in [-0.2, -0.15) is 4.40 Å². The molecule has 0 N–H and O–H groups in total. The van der Waals surface area contributed by atoms with E-state index in [1.807, 2.05) is 6.07 Å². The Labute approximate surface area is 116 Å². The highest BCUT2D eigenvalue weighted by Crippen LogP contribution is 2.14. The topological polar surface area (TPSA) is 55.7 Å². The minimum atomic E-state index is -1.50. The second-order valence-electron chi connectivity index (χ2n) is 4.89. The highest BCUT2D eigenvalue weighted by Gasteiger charge is 2.23. The molecule has 0 saturated carbocycles. The Kier molecular flexibility index (Phi) is 5.42. The number of benzene rings is 1. The zero-order valence-electron chi connectivity index (χ0n) is 11.7. The van der Waals surface area contributed by atoms with Crippen LogP contribution in [-0.4, -0.2) is 27.2 Å². The summed E-state index contributed by atoms with van der Waals surface area (Å²) in [7, 11) is -1.50. The molecule has 0 saturated heterocycles. The van der Waals surface area contributed by atoms with Gasteiger partial charge >= 0.3 is 5.97 Å². The first-order chi connectivity index (χ1) is 8.86. The molecule has 0 amide bonds. The van der Waals surface area contributed by atoms with Gasteiger partial charge in [0.1, 0.15) is 11.0 Å². The third kappa shape index (κ3) is 4.59. The van der Waals surface area contributed by atoms with E-state index < -0.39 is 21.7 Å². The minimum Gasteiger partial charge on any atom is -0.461 e. The molecule has 5 heteroatoms. The van der Waals surface area contributed by atoms with Gasteiger partial charge in [-0.05, 0) is 27.7 Å². The monoisotopic (exact) mass is 281 g/mol. The summed E-state index contributed by atoms with van der Waals surface area (Å²) in [5, 5.41) is 0. The molecule has 1 aromatic carbocycles. The number of carbonyl (C=O) groups is 1. The summed E-state index contributed by atoms with van der Waals surface area (Å²) in [5.74, 6) is -0.550. The Morgan fingerprint density at radius 2 is 1.84 bits per heavy atom. The summed E-state index contributed by atoms with van der Waals surface area (Å²) in [6, 6.07) is 8.92. The quantitative estimate of drug-likeness (QED) is 0.629. The van der Waals surface area contributed by atoms with Crippen molar-refractivity contribution in [2.45, 2.75) is 32.4 Å². The lowest BCUT2D eigenvalue weighted by Crippen LogP contribution is -2.25. The van der Waals surface area contributed by atoms with E-state index in [0.717, 1.165) is 0 Å². The molecule has 0 aliphatic heterocycles. The Morgan fingerprint density at radius 1 is 1.26 bits per heavy atom. The number of nitrogens with zero attached hydrogens (tertiary/aromatic N) is 1. The SMILES string of the molecule is CCOC(=O)/C(=N/S(=O)C(C)(C)C)c1ccccc1. The van der Waals surface area contributed by atoms with Crippen molar-refractivity contribution in [3.8, 4) is 0 Å². The van der Waals surface area contributed by atoms with Crippen molar-refractivity contribution in [3.63, 3.8) is 0 Å². The molecule has 19 heavy (non-hydrogen) atoms. The Balaban J connectivity index is 3.18. The van der Waals surface area contributed by atoms with Crippen molar-refractivity contribution in [2.24, 2.45) is 4.40 Å². The fourth-order valence-corrected chi connectivity index (χ4v) is 1.84. The van der Waals surface area contributed by atoms with Crippen molar-refractivity contribution in [2.75, 3.05) is 6.61 Å². The van der Waals surface area contributed by atoms with Crippen LogP contribution in [0.3, 0.4) is 0 Å². The second-order valence-corrected chi connectivity index (χ2v) is 6.79. The summed E-state index contributed by atoms with van der Waals surface area (Å²) < 4.78 is 20.6. The fourth-order valence-electron chi connectivity index (χ4n) is 1.22. The molecular formula is C14H19NO3S. The first kappa shape index (κ1) is 15.6. The highest BCUT2D eigenvalue weighted by atomic mass is 32.2. The Hall–Kier alpha value is -1.49. The molecule has 0 fully saturated rings. The number of carbonyl (C=O) groups excluding carboxylic acids is 1. The predicted octanol–water partition coefficient (Wildman–Crippen LogP) is 2.50. The maximum Gasteiger partial charge on any atom is 0.358 e. The van der Waals surface area contributed by atoms with Crippen LogP contribution in [0.25, 0.3) is 0 Å². The largest absolute Gasteiger partial charge is 0.461 e. The second kappa shape index (κ2) is 6.61. The van der Waals surface area contributed by atoms with Crippen LogP contribution in [0, 0.1) is 0 Å². The average Bonchev–Trinajstić information content (AvgIpc) is 2.35. The maximum atomic E-state index is 12.1. The molecule has 4 nitrogen and oxygen atoms in total. The van der Waals surface area contributed by atoms with Crippen LogP contribution in [0.2, 0.25) is 0 Å². The van der Waals surface area contributed by atoms with Gasteiger partial charge in [-0.25, -0.2) is 9.00 Å². The van der Waals surface area contributed by atoms with Crippen molar-refractivity contribution in [1.29, 1.82) is 0 Å². The van der Waals surface area contributed by atoms with Gasteiger partial charge in [0.15, 0.2) is 5.71 Å².